The molecule has 0 radical (unpaired) electrons. The second kappa shape index (κ2) is 3.52. The Hall–Kier alpha value is -1.48. The number of hydrogen-bond acceptors (Lipinski definition) is 2. The molecule has 1 heterocycles. The highest BCUT2D eigenvalue weighted by Crippen LogP contribution is 2.24. The highest BCUT2D eigenvalue weighted by molar-refractivity contribution is 5.86. The Morgan fingerprint density at radius 2 is 2.25 bits per heavy atom. The summed E-state index contributed by atoms with van der Waals surface area (Å²) in [6.07, 6.45) is 4.86. The van der Waals surface area contributed by atoms with Crippen molar-refractivity contribution in [1.29, 1.82) is 0 Å². The average molecular weight is 215 g/mol. The lowest BCUT2D eigenvalue weighted by Crippen LogP contribution is -2.14. The summed E-state index contributed by atoms with van der Waals surface area (Å²) in [5.74, 6) is 0. The number of aryl methyl sites for hydroxylation is 1. The van der Waals surface area contributed by atoms with E-state index in [1.54, 1.807) is 0 Å². The molecule has 0 unspecified atom stereocenters. The maximum Gasteiger partial charge on any atom is 0.0501 e. The highest BCUT2D eigenvalue weighted by Gasteiger charge is 2.20. The predicted octanol–water partition coefficient (Wildman–Crippen LogP) is 2.01. The maximum absolute atomic E-state index is 5.81. The Kier molecular flexibility index (Phi) is 2.14. The molecule has 2 aromatic rings. The normalized spacial score (nSPS) is 15.8. The molecule has 0 bridgehead atoms. The first-order valence-electron chi connectivity index (χ1n) is 5.81. The zero-order valence-electron chi connectivity index (χ0n) is 9.53. The summed E-state index contributed by atoms with van der Waals surface area (Å²) in [5.41, 5.74) is 9.21. The van der Waals surface area contributed by atoms with E-state index in [-0.39, 0.29) is 0 Å². The largest absolute Gasteiger partial charge is 0.399 e. The van der Waals surface area contributed by atoms with Crippen LogP contribution in [-0.4, -0.2) is 10.6 Å². The van der Waals surface area contributed by atoms with Gasteiger partial charge < -0.3 is 15.6 Å². The highest BCUT2D eigenvalue weighted by atomic mass is 15.0. The van der Waals surface area contributed by atoms with Gasteiger partial charge in [-0.2, -0.15) is 0 Å². The molecule has 0 atom stereocenters. The van der Waals surface area contributed by atoms with Crippen LogP contribution in [0.2, 0.25) is 0 Å². The van der Waals surface area contributed by atoms with Gasteiger partial charge in [0.1, 0.15) is 0 Å². The van der Waals surface area contributed by atoms with Crippen molar-refractivity contribution in [2.24, 2.45) is 7.05 Å². The van der Waals surface area contributed by atoms with E-state index in [0.717, 1.165) is 18.3 Å². The lowest BCUT2D eigenvalue weighted by atomic mass is 10.1. The smallest absolute Gasteiger partial charge is 0.0501 e. The third-order valence-electron chi connectivity index (χ3n) is 3.26. The number of nitrogens with zero attached hydrogens (tertiary/aromatic N) is 1. The number of hydrogen-bond donors (Lipinski definition) is 2. The number of anilines is 1. The lowest BCUT2D eigenvalue weighted by Gasteiger charge is -2.01. The van der Waals surface area contributed by atoms with Gasteiger partial charge in [-0.3, -0.25) is 0 Å². The molecule has 3 heteroatoms. The van der Waals surface area contributed by atoms with E-state index in [9.17, 15) is 0 Å². The van der Waals surface area contributed by atoms with Crippen molar-refractivity contribution in [1.82, 2.24) is 9.88 Å². The van der Waals surface area contributed by atoms with Crippen LogP contribution in [0.1, 0.15) is 18.4 Å². The number of nitrogens with one attached hydrogen (secondary N) is 1. The minimum atomic E-state index is 0.754. The van der Waals surface area contributed by atoms with E-state index in [4.69, 9.17) is 5.73 Å². The molecule has 3 nitrogen and oxygen atoms in total. The average Bonchev–Trinajstić information content (AvgIpc) is 3.03. The van der Waals surface area contributed by atoms with Gasteiger partial charge in [0.05, 0.1) is 5.52 Å². The van der Waals surface area contributed by atoms with E-state index in [1.165, 1.54) is 29.3 Å². The van der Waals surface area contributed by atoms with Crippen molar-refractivity contribution in [3.63, 3.8) is 0 Å². The molecule has 0 aliphatic heterocycles. The van der Waals surface area contributed by atoms with Crippen LogP contribution >= 0.6 is 0 Å². The maximum atomic E-state index is 5.81. The van der Waals surface area contributed by atoms with Gasteiger partial charge in [0, 0.05) is 36.9 Å². The van der Waals surface area contributed by atoms with E-state index in [2.05, 4.69) is 29.2 Å². The van der Waals surface area contributed by atoms with Gasteiger partial charge in [-0.05, 0) is 30.5 Å². The molecular weight excluding hydrogens is 198 g/mol. The van der Waals surface area contributed by atoms with Gasteiger partial charge in [-0.25, -0.2) is 0 Å². The molecule has 1 fully saturated rings. The van der Waals surface area contributed by atoms with E-state index in [0.29, 0.717) is 0 Å². The molecule has 1 aromatic heterocycles. The molecule has 1 aliphatic carbocycles. The van der Waals surface area contributed by atoms with Crippen molar-refractivity contribution in [2.45, 2.75) is 25.4 Å². The number of rotatable bonds is 3. The zero-order chi connectivity index (χ0) is 11.1. The lowest BCUT2D eigenvalue weighted by molar-refractivity contribution is 0.689. The molecule has 1 saturated carbocycles. The Morgan fingerprint density at radius 3 is 3.00 bits per heavy atom. The van der Waals surface area contributed by atoms with E-state index >= 15 is 0 Å². The molecule has 0 spiro atoms. The SMILES string of the molecule is Cn1cc(CNC2CC2)c2ccc(N)cc21. The molecule has 84 valence electrons. The second-order valence-electron chi connectivity index (χ2n) is 4.70. The standard InChI is InChI=1S/C13H17N3/c1-16-8-9(7-15-11-3-4-11)12-5-2-10(14)6-13(12)16/h2,5-6,8,11,15H,3-4,7,14H2,1H3. The first-order chi connectivity index (χ1) is 7.74. The van der Waals surface area contributed by atoms with Gasteiger partial charge in [-0.15, -0.1) is 0 Å². The minimum Gasteiger partial charge on any atom is -0.399 e. The monoisotopic (exact) mass is 215 g/mol. The predicted molar refractivity (Wildman–Crippen MR) is 67.2 cm³/mol. The molecule has 1 aromatic carbocycles. The number of nitrogen functional groups attached to an aromatic ring is 1. The summed E-state index contributed by atoms with van der Waals surface area (Å²) >= 11 is 0. The third kappa shape index (κ3) is 1.67. The molecular formula is C13H17N3. The van der Waals surface area contributed by atoms with E-state index < -0.39 is 0 Å². The number of aromatic nitrogens is 1. The summed E-state index contributed by atoms with van der Waals surface area (Å²) in [6.45, 7) is 0.964. The Labute approximate surface area is 95.2 Å². The van der Waals surface area contributed by atoms with Gasteiger partial charge in [0.2, 0.25) is 0 Å². The van der Waals surface area contributed by atoms with Crippen molar-refractivity contribution in [3.8, 4) is 0 Å². The minimum absolute atomic E-state index is 0.754. The quantitative estimate of drug-likeness (QED) is 0.769. The Bertz CT molecular complexity index is 523. The summed E-state index contributed by atoms with van der Waals surface area (Å²) in [5, 5.41) is 4.86. The van der Waals surface area contributed by atoms with Gasteiger partial charge in [0.25, 0.3) is 0 Å². The van der Waals surface area contributed by atoms with Crippen LogP contribution in [0.15, 0.2) is 24.4 Å². The summed E-state index contributed by atoms with van der Waals surface area (Å²) in [6, 6.07) is 6.89. The van der Waals surface area contributed by atoms with Crippen LogP contribution in [0.25, 0.3) is 10.9 Å². The van der Waals surface area contributed by atoms with E-state index in [1.807, 2.05) is 12.1 Å². The van der Waals surface area contributed by atoms with Crippen LogP contribution in [0, 0.1) is 0 Å². The number of fused-ring (bicyclic) bond motifs is 1. The topological polar surface area (TPSA) is 43.0 Å². The fourth-order valence-corrected chi connectivity index (χ4v) is 2.17. The van der Waals surface area contributed by atoms with Crippen LogP contribution in [-0.2, 0) is 13.6 Å². The summed E-state index contributed by atoms with van der Waals surface area (Å²) in [7, 11) is 2.07. The third-order valence-corrected chi connectivity index (χ3v) is 3.26. The summed E-state index contributed by atoms with van der Waals surface area (Å²) in [4.78, 5) is 0. The van der Waals surface area contributed by atoms with Crippen LogP contribution < -0.4 is 11.1 Å². The van der Waals surface area contributed by atoms with Crippen LogP contribution in [0.5, 0.6) is 0 Å². The van der Waals surface area contributed by atoms with Gasteiger partial charge in [-0.1, -0.05) is 6.07 Å². The fraction of sp³-hybridized carbons (Fsp3) is 0.385. The first-order valence-corrected chi connectivity index (χ1v) is 5.81. The van der Waals surface area contributed by atoms with Gasteiger partial charge in [0.15, 0.2) is 0 Å². The second-order valence-corrected chi connectivity index (χ2v) is 4.70. The van der Waals surface area contributed by atoms with Gasteiger partial charge >= 0.3 is 0 Å². The zero-order valence-corrected chi connectivity index (χ0v) is 9.53. The first kappa shape index (κ1) is 9.73. The Morgan fingerprint density at radius 1 is 1.44 bits per heavy atom. The molecule has 0 amide bonds. The molecule has 3 rings (SSSR count). The van der Waals surface area contributed by atoms with Crippen LogP contribution in [0.4, 0.5) is 5.69 Å². The molecule has 3 N–H and O–H groups in total. The molecule has 1 aliphatic rings. The molecule has 16 heavy (non-hydrogen) atoms. The Balaban J connectivity index is 1.97. The number of nitrogens with two attached hydrogens (primary N) is 1. The van der Waals surface area contributed by atoms with Crippen molar-refractivity contribution >= 4 is 16.6 Å². The molecule has 0 saturated heterocycles. The summed E-state index contributed by atoms with van der Waals surface area (Å²) < 4.78 is 2.15. The van der Waals surface area contributed by atoms with Crippen molar-refractivity contribution < 1.29 is 0 Å². The van der Waals surface area contributed by atoms with Crippen molar-refractivity contribution in [2.75, 3.05) is 5.73 Å². The fourth-order valence-electron chi connectivity index (χ4n) is 2.17. The number of benzene rings is 1. The van der Waals surface area contributed by atoms with Crippen molar-refractivity contribution in [3.05, 3.63) is 30.0 Å². The van der Waals surface area contributed by atoms with Crippen LogP contribution in [0.3, 0.4) is 0 Å².